The van der Waals surface area contributed by atoms with E-state index in [2.05, 4.69) is 39.7 Å². The maximum atomic E-state index is 13.3. The van der Waals surface area contributed by atoms with Crippen LogP contribution in [0.2, 0.25) is 0 Å². The van der Waals surface area contributed by atoms with Crippen molar-refractivity contribution in [1.29, 1.82) is 0 Å². The molecule has 0 saturated carbocycles. The molecule has 7 nitrogen and oxygen atoms in total. The van der Waals surface area contributed by atoms with Crippen molar-refractivity contribution in [2.45, 2.75) is 26.8 Å². The summed E-state index contributed by atoms with van der Waals surface area (Å²) in [6.45, 7) is 8.65. The van der Waals surface area contributed by atoms with Gasteiger partial charge in [0, 0.05) is 23.8 Å². The number of aromatic nitrogens is 2. The number of likely N-dealkylation sites (tertiary alicyclic amines) is 1. The van der Waals surface area contributed by atoms with Crippen molar-refractivity contribution >= 4 is 39.0 Å². The molecular formula is C25H27BrN4O3. The first-order chi connectivity index (χ1) is 15.9. The molecule has 4 rings (SSSR count). The molecule has 8 heteroatoms. The van der Waals surface area contributed by atoms with Gasteiger partial charge in [0.1, 0.15) is 11.3 Å². The number of aliphatic hydroxyl groups is 1. The van der Waals surface area contributed by atoms with Gasteiger partial charge in [0.25, 0.3) is 11.7 Å². The van der Waals surface area contributed by atoms with Crippen LogP contribution in [0.25, 0.3) is 11.4 Å². The van der Waals surface area contributed by atoms with Crippen LogP contribution in [0.5, 0.6) is 0 Å². The minimum Gasteiger partial charge on any atom is -0.505 e. The predicted molar refractivity (Wildman–Crippen MR) is 131 cm³/mol. The molecule has 2 aromatic heterocycles. The maximum absolute atomic E-state index is 13.3. The van der Waals surface area contributed by atoms with Crippen LogP contribution in [-0.2, 0) is 9.59 Å². The van der Waals surface area contributed by atoms with Crippen molar-refractivity contribution in [2.75, 3.05) is 26.2 Å². The van der Waals surface area contributed by atoms with Crippen LogP contribution >= 0.6 is 15.9 Å². The van der Waals surface area contributed by atoms with Gasteiger partial charge in [-0.25, -0.2) is 4.98 Å². The molecule has 0 radical (unpaired) electrons. The van der Waals surface area contributed by atoms with Crippen LogP contribution in [0.4, 0.5) is 0 Å². The Labute approximate surface area is 201 Å². The maximum Gasteiger partial charge on any atom is 0.295 e. The Balaban J connectivity index is 1.87. The van der Waals surface area contributed by atoms with Crippen LogP contribution in [0.3, 0.4) is 0 Å². The highest BCUT2D eigenvalue weighted by atomic mass is 79.9. The van der Waals surface area contributed by atoms with Gasteiger partial charge in [0.15, 0.2) is 5.76 Å². The number of Topliss-reactive ketones (excluding diaryl/α,β-unsaturated/α-hetero) is 1. The standard InChI is InChI=1S/C25H27BrN4O3/c1-4-28(5-2)14-15-30-22(17-9-11-18(26)12-10-17)20(24(32)25(30)33)23(31)21-16(3)27-19-8-6-7-13-29(19)21/h6-13,22,31H,4-5,14-15H2,1-3H3/t22-/m1/s1. The third-order valence-electron chi connectivity index (χ3n) is 6.21. The monoisotopic (exact) mass is 510 g/mol. The lowest BCUT2D eigenvalue weighted by atomic mass is 9.96. The molecular weight excluding hydrogens is 484 g/mol. The van der Waals surface area contributed by atoms with Gasteiger partial charge in [-0.05, 0) is 49.8 Å². The van der Waals surface area contributed by atoms with Crippen LogP contribution in [0, 0.1) is 6.92 Å². The van der Waals surface area contributed by atoms with Gasteiger partial charge in [-0.1, -0.05) is 48.0 Å². The highest BCUT2D eigenvalue weighted by Crippen LogP contribution is 2.40. The molecule has 1 atom stereocenters. The fraction of sp³-hybridized carbons (Fsp3) is 0.320. The zero-order chi connectivity index (χ0) is 23.7. The summed E-state index contributed by atoms with van der Waals surface area (Å²) in [5.74, 6) is -1.48. The molecule has 1 aliphatic heterocycles. The molecule has 1 amide bonds. The summed E-state index contributed by atoms with van der Waals surface area (Å²) in [4.78, 5) is 34.7. The number of benzene rings is 1. The molecule has 0 unspecified atom stereocenters. The smallest absolute Gasteiger partial charge is 0.295 e. The number of likely N-dealkylation sites (N-methyl/N-ethyl adjacent to an activating group) is 1. The number of amides is 1. The molecule has 33 heavy (non-hydrogen) atoms. The topological polar surface area (TPSA) is 78.2 Å². The third-order valence-corrected chi connectivity index (χ3v) is 6.73. The van der Waals surface area contributed by atoms with E-state index in [-0.39, 0.29) is 11.3 Å². The molecule has 0 spiro atoms. The second kappa shape index (κ2) is 9.49. The number of halogens is 1. The number of nitrogens with zero attached hydrogens (tertiary/aromatic N) is 4. The first kappa shape index (κ1) is 23.2. The van der Waals surface area contributed by atoms with Crippen molar-refractivity contribution in [2.24, 2.45) is 0 Å². The fourth-order valence-electron chi connectivity index (χ4n) is 4.42. The van der Waals surface area contributed by atoms with E-state index >= 15 is 0 Å². The van der Waals surface area contributed by atoms with Crippen LogP contribution < -0.4 is 0 Å². The summed E-state index contributed by atoms with van der Waals surface area (Å²) >= 11 is 3.45. The largest absolute Gasteiger partial charge is 0.505 e. The van der Waals surface area contributed by atoms with Gasteiger partial charge in [-0.15, -0.1) is 0 Å². The predicted octanol–water partition coefficient (Wildman–Crippen LogP) is 4.17. The molecule has 1 fully saturated rings. The average molecular weight is 511 g/mol. The minimum atomic E-state index is -0.678. The molecule has 1 aromatic carbocycles. The molecule has 1 saturated heterocycles. The Kier molecular flexibility index (Phi) is 6.67. The van der Waals surface area contributed by atoms with E-state index in [0.717, 1.165) is 23.1 Å². The number of aliphatic hydroxyl groups excluding tert-OH is 1. The van der Waals surface area contributed by atoms with Crippen molar-refractivity contribution in [3.05, 3.63) is 75.7 Å². The van der Waals surface area contributed by atoms with Gasteiger partial charge in [-0.2, -0.15) is 0 Å². The number of imidazole rings is 1. The number of aryl methyl sites for hydroxylation is 1. The zero-order valence-corrected chi connectivity index (χ0v) is 20.5. The Morgan fingerprint density at radius 3 is 2.48 bits per heavy atom. The lowest BCUT2D eigenvalue weighted by Gasteiger charge is -2.28. The zero-order valence-electron chi connectivity index (χ0n) is 19.0. The van der Waals surface area contributed by atoms with Crippen LogP contribution in [0.1, 0.15) is 36.8 Å². The molecule has 172 valence electrons. The first-order valence-electron chi connectivity index (χ1n) is 11.1. The van der Waals surface area contributed by atoms with Gasteiger partial charge in [0.05, 0.1) is 17.3 Å². The second-order valence-electron chi connectivity index (χ2n) is 8.05. The first-order valence-corrected chi connectivity index (χ1v) is 11.9. The third kappa shape index (κ3) is 4.20. The van der Waals surface area contributed by atoms with E-state index in [1.165, 1.54) is 0 Å². The van der Waals surface area contributed by atoms with E-state index in [9.17, 15) is 14.7 Å². The van der Waals surface area contributed by atoms with Gasteiger partial charge < -0.3 is 14.9 Å². The van der Waals surface area contributed by atoms with Crippen molar-refractivity contribution in [3.8, 4) is 0 Å². The molecule has 1 N–H and O–H groups in total. The summed E-state index contributed by atoms with van der Waals surface area (Å²) in [5.41, 5.74) is 2.53. The number of hydrogen-bond donors (Lipinski definition) is 1. The summed E-state index contributed by atoms with van der Waals surface area (Å²) < 4.78 is 2.64. The number of pyridine rings is 1. The summed E-state index contributed by atoms with van der Waals surface area (Å²) in [6, 6.07) is 12.3. The fourth-order valence-corrected chi connectivity index (χ4v) is 4.68. The van der Waals surface area contributed by atoms with Gasteiger partial charge in [-0.3, -0.25) is 14.0 Å². The van der Waals surface area contributed by atoms with Crippen LogP contribution in [-0.4, -0.2) is 62.2 Å². The highest BCUT2D eigenvalue weighted by Gasteiger charge is 2.46. The average Bonchev–Trinajstić information content (AvgIpc) is 3.28. The Morgan fingerprint density at radius 2 is 1.82 bits per heavy atom. The quantitative estimate of drug-likeness (QED) is 0.293. The summed E-state index contributed by atoms with van der Waals surface area (Å²) in [7, 11) is 0. The minimum absolute atomic E-state index is 0.0932. The number of hydrogen-bond acceptors (Lipinski definition) is 5. The van der Waals surface area contributed by atoms with E-state index in [4.69, 9.17) is 0 Å². The van der Waals surface area contributed by atoms with E-state index in [0.29, 0.717) is 30.1 Å². The van der Waals surface area contributed by atoms with Crippen molar-refractivity contribution in [1.82, 2.24) is 19.2 Å². The highest BCUT2D eigenvalue weighted by molar-refractivity contribution is 9.10. The van der Waals surface area contributed by atoms with Gasteiger partial charge in [0.2, 0.25) is 0 Å². The molecule has 3 heterocycles. The number of ketones is 1. The Morgan fingerprint density at radius 1 is 1.12 bits per heavy atom. The van der Waals surface area contributed by atoms with E-state index in [1.807, 2.05) is 42.5 Å². The normalized spacial score (nSPS) is 18.1. The summed E-state index contributed by atoms with van der Waals surface area (Å²) in [5, 5.41) is 11.4. The number of carbonyl (C=O) groups is 2. The number of carbonyl (C=O) groups excluding carboxylic acids is 2. The van der Waals surface area contributed by atoms with Crippen LogP contribution in [0.15, 0.2) is 58.7 Å². The SMILES string of the molecule is CCN(CC)CCN1C(=O)C(=O)C(=C(O)c2c(C)nc3ccccn23)[C@H]1c1ccc(Br)cc1. The molecule has 0 aliphatic carbocycles. The van der Waals surface area contributed by atoms with Gasteiger partial charge >= 0.3 is 0 Å². The molecule has 1 aliphatic rings. The number of fused-ring (bicyclic) bond motifs is 1. The Hall–Kier alpha value is -2.97. The van der Waals surface area contributed by atoms with Crippen molar-refractivity contribution in [3.63, 3.8) is 0 Å². The summed E-state index contributed by atoms with van der Waals surface area (Å²) in [6.07, 6.45) is 1.79. The lowest BCUT2D eigenvalue weighted by Crippen LogP contribution is -2.38. The van der Waals surface area contributed by atoms with Crippen molar-refractivity contribution < 1.29 is 14.7 Å². The molecule has 0 bridgehead atoms. The molecule has 3 aromatic rings. The van der Waals surface area contributed by atoms with E-state index < -0.39 is 17.7 Å². The lowest BCUT2D eigenvalue weighted by molar-refractivity contribution is -0.140. The number of rotatable bonds is 7. The van der Waals surface area contributed by atoms with E-state index in [1.54, 1.807) is 22.4 Å². The Bertz CT molecular complexity index is 1230. The second-order valence-corrected chi connectivity index (χ2v) is 8.96.